The second-order valence-electron chi connectivity index (χ2n) is 4.17. The number of aryl methyl sites for hydroxylation is 1. The van der Waals surface area contributed by atoms with E-state index >= 15 is 0 Å². The molecule has 2 heterocycles. The van der Waals surface area contributed by atoms with Crippen LogP contribution in [0, 0.1) is 6.92 Å². The summed E-state index contributed by atoms with van der Waals surface area (Å²) in [6.45, 7) is 3.14. The number of nitrogens with one attached hydrogen (secondary N) is 1. The lowest BCUT2D eigenvalue weighted by molar-refractivity contribution is 0.452. The van der Waals surface area contributed by atoms with Crippen LogP contribution in [0.4, 0.5) is 0 Å². The largest absolute Gasteiger partial charge is 0.439 e. The molecule has 0 radical (unpaired) electrons. The van der Waals surface area contributed by atoms with Gasteiger partial charge in [-0.05, 0) is 44.0 Å². The van der Waals surface area contributed by atoms with Gasteiger partial charge < -0.3 is 9.73 Å². The lowest BCUT2D eigenvalue weighted by atomic mass is 10.2. The van der Waals surface area contributed by atoms with Gasteiger partial charge in [-0.25, -0.2) is 4.98 Å². The molecule has 15 heavy (non-hydrogen) atoms. The standard InChI is InChI=1S/C12H14N2O/c1-8-4-5-11-10(7-8)14-12(15-11)9-3-2-6-13-9/h4-5,7,9,13H,2-3,6H2,1H3/t9-/m0/s1. The second-order valence-corrected chi connectivity index (χ2v) is 4.17. The number of hydrogen-bond acceptors (Lipinski definition) is 3. The summed E-state index contributed by atoms with van der Waals surface area (Å²) < 4.78 is 5.73. The van der Waals surface area contributed by atoms with Crippen LogP contribution in [0.2, 0.25) is 0 Å². The monoisotopic (exact) mass is 202 g/mol. The molecular formula is C12H14N2O. The number of hydrogen-bond donors (Lipinski definition) is 1. The van der Waals surface area contributed by atoms with E-state index < -0.39 is 0 Å². The summed E-state index contributed by atoms with van der Waals surface area (Å²) in [5.74, 6) is 0.841. The van der Waals surface area contributed by atoms with Gasteiger partial charge in [0.25, 0.3) is 0 Å². The van der Waals surface area contributed by atoms with E-state index in [2.05, 4.69) is 29.4 Å². The van der Waals surface area contributed by atoms with E-state index in [1.807, 2.05) is 6.07 Å². The maximum Gasteiger partial charge on any atom is 0.212 e. The minimum atomic E-state index is 0.317. The van der Waals surface area contributed by atoms with Gasteiger partial charge in [0.15, 0.2) is 5.58 Å². The fourth-order valence-electron chi connectivity index (χ4n) is 2.10. The zero-order valence-electron chi connectivity index (χ0n) is 8.79. The van der Waals surface area contributed by atoms with Gasteiger partial charge in [-0.2, -0.15) is 0 Å². The molecule has 1 aliphatic rings. The van der Waals surface area contributed by atoms with E-state index in [4.69, 9.17) is 4.42 Å². The van der Waals surface area contributed by atoms with Crippen molar-refractivity contribution < 1.29 is 4.42 Å². The van der Waals surface area contributed by atoms with Crippen molar-refractivity contribution >= 4 is 11.1 Å². The molecule has 78 valence electrons. The number of oxazole rings is 1. The fraction of sp³-hybridized carbons (Fsp3) is 0.417. The predicted octanol–water partition coefficient (Wildman–Crippen LogP) is 2.56. The van der Waals surface area contributed by atoms with Crippen LogP contribution in [0.15, 0.2) is 22.6 Å². The van der Waals surface area contributed by atoms with E-state index in [0.29, 0.717) is 6.04 Å². The van der Waals surface area contributed by atoms with Gasteiger partial charge >= 0.3 is 0 Å². The van der Waals surface area contributed by atoms with Crippen LogP contribution in [0.1, 0.15) is 30.3 Å². The molecule has 0 unspecified atom stereocenters. The number of rotatable bonds is 1. The topological polar surface area (TPSA) is 38.1 Å². The minimum Gasteiger partial charge on any atom is -0.439 e. The van der Waals surface area contributed by atoms with E-state index in [-0.39, 0.29) is 0 Å². The number of aromatic nitrogens is 1. The summed E-state index contributed by atoms with van der Waals surface area (Å²) >= 11 is 0. The molecular weight excluding hydrogens is 188 g/mol. The normalized spacial score (nSPS) is 21.3. The average molecular weight is 202 g/mol. The SMILES string of the molecule is Cc1ccc2oc([C@@H]3CCCN3)nc2c1. The third-order valence-electron chi connectivity index (χ3n) is 2.92. The Morgan fingerprint density at radius 1 is 1.47 bits per heavy atom. The number of benzene rings is 1. The van der Waals surface area contributed by atoms with Crippen molar-refractivity contribution in [2.75, 3.05) is 6.54 Å². The molecule has 1 aromatic carbocycles. The second kappa shape index (κ2) is 3.35. The van der Waals surface area contributed by atoms with Crippen molar-refractivity contribution in [3.8, 4) is 0 Å². The molecule has 1 aliphatic heterocycles. The highest BCUT2D eigenvalue weighted by Crippen LogP contribution is 2.26. The third-order valence-corrected chi connectivity index (χ3v) is 2.92. The van der Waals surface area contributed by atoms with Crippen LogP contribution < -0.4 is 5.32 Å². The van der Waals surface area contributed by atoms with Crippen LogP contribution in [0.25, 0.3) is 11.1 Å². The lowest BCUT2D eigenvalue weighted by Gasteiger charge is -2.02. The van der Waals surface area contributed by atoms with Crippen LogP contribution in [-0.2, 0) is 0 Å². The Morgan fingerprint density at radius 3 is 3.20 bits per heavy atom. The van der Waals surface area contributed by atoms with E-state index in [1.165, 1.54) is 12.0 Å². The molecule has 1 N–H and O–H groups in total. The molecule has 0 aliphatic carbocycles. The Hall–Kier alpha value is -1.35. The molecule has 3 rings (SSSR count). The summed E-state index contributed by atoms with van der Waals surface area (Å²) in [7, 11) is 0. The zero-order chi connectivity index (χ0) is 10.3. The van der Waals surface area contributed by atoms with Gasteiger partial charge in [0, 0.05) is 0 Å². The first kappa shape index (κ1) is 8.92. The van der Waals surface area contributed by atoms with Gasteiger partial charge in [-0.15, -0.1) is 0 Å². The zero-order valence-corrected chi connectivity index (χ0v) is 8.79. The highest BCUT2D eigenvalue weighted by atomic mass is 16.3. The first-order valence-corrected chi connectivity index (χ1v) is 5.43. The molecule has 0 spiro atoms. The molecule has 3 heteroatoms. The molecule has 0 saturated carbocycles. The molecule has 2 aromatic rings. The Morgan fingerprint density at radius 2 is 2.40 bits per heavy atom. The van der Waals surface area contributed by atoms with Crippen molar-refractivity contribution in [1.82, 2.24) is 10.3 Å². The van der Waals surface area contributed by atoms with Crippen molar-refractivity contribution in [1.29, 1.82) is 0 Å². The van der Waals surface area contributed by atoms with Crippen LogP contribution in [0.5, 0.6) is 0 Å². The van der Waals surface area contributed by atoms with Crippen LogP contribution in [0.3, 0.4) is 0 Å². The minimum absolute atomic E-state index is 0.317. The Bertz CT molecular complexity index is 483. The summed E-state index contributed by atoms with van der Waals surface area (Å²) in [6, 6.07) is 6.44. The van der Waals surface area contributed by atoms with Crippen molar-refractivity contribution in [3.05, 3.63) is 29.7 Å². The van der Waals surface area contributed by atoms with Crippen LogP contribution in [-0.4, -0.2) is 11.5 Å². The van der Waals surface area contributed by atoms with Gasteiger partial charge in [0.1, 0.15) is 5.52 Å². The Labute approximate surface area is 88.5 Å². The molecule has 1 atom stereocenters. The quantitative estimate of drug-likeness (QED) is 0.772. The van der Waals surface area contributed by atoms with Gasteiger partial charge in [-0.3, -0.25) is 0 Å². The smallest absolute Gasteiger partial charge is 0.212 e. The first-order chi connectivity index (χ1) is 7.33. The Balaban J connectivity index is 2.05. The maximum absolute atomic E-state index is 5.73. The third kappa shape index (κ3) is 1.53. The summed E-state index contributed by atoms with van der Waals surface area (Å²) in [5.41, 5.74) is 3.09. The average Bonchev–Trinajstić information content (AvgIpc) is 2.84. The maximum atomic E-state index is 5.73. The van der Waals surface area contributed by atoms with Crippen molar-refractivity contribution in [2.45, 2.75) is 25.8 Å². The number of nitrogens with zero attached hydrogens (tertiary/aromatic N) is 1. The molecule has 0 amide bonds. The number of fused-ring (bicyclic) bond motifs is 1. The van der Waals surface area contributed by atoms with Crippen molar-refractivity contribution in [2.24, 2.45) is 0 Å². The summed E-state index contributed by atoms with van der Waals surface area (Å²) in [6.07, 6.45) is 2.34. The fourth-order valence-corrected chi connectivity index (χ4v) is 2.10. The first-order valence-electron chi connectivity index (χ1n) is 5.43. The highest BCUT2D eigenvalue weighted by Gasteiger charge is 2.21. The predicted molar refractivity (Wildman–Crippen MR) is 58.7 cm³/mol. The lowest BCUT2D eigenvalue weighted by Crippen LogP contribution is -2.12. The summed E-state index contributed by atoms with van der Waals surface area (Å²) in [5, 5.41) is 3.39. The van der Waals surface area contributed by atoms with E-state index in [9.17, 15) is 0 Å². The van der Waals surface area contributed by atoms with Crippen LogP contribution >= 0.6 is 0 Å². The Kier molecular flexibility index (Phi) is 1.99. The molecule has 3 nitrogen and oxygen atoms in total. The summed E-state index contributed by atoms with van der Waals surface area (Å²) in [4.78, 5) is 4.53. The van der Waals surface area contributed by atoms with Gasteiger partial charge in [0.2, 0.25) is 5.89 Å². The van der Waals surface area contributed by atoms with Crippen molar-refractivity contribution in [3.63, 3.8) is 0 Å². The van der Waals surface area contributed by atoms with Gasteiger partial charge in [-0.1, -0.05) is 6.07 Å². The van der Waals surface area contributed by atoms with Gasteiger partial charge in [0.05, 0.1) is 6.04 Å². The molecule has 1 saturated heterocycles. The highest BCUT2D eigenvalue weighted by molar-refractivity contribution is 5.73. The van der Waals surface area contributed by atoms with E-state index in [0.717, 1.165) is 30.0 Å². The van der Waals surface area contributed by atoms with E-state index in [1.54, 1.807) is 0 Å². The molecule has 1 fully saturated rings. The molecule has 0 bridgehead atoms. The molecule has 1 aromatic heterocycles.